The monoisotopic (exact) mass is 282 g/mol. The molecular weight excluding hydrogens is 260 g/mol. The third-order valence-electron chi connectivity index (χ3n) is 3.71. The third-order valence-corrected chi connectivity index (χ3v) is 3.71. The number of carboxylic acid groups (broad SMARTS) is 1. The van der Waals surface area contributed by atoms with Gasteiger partial charge in [-0.1, -0.05) is 13.8 Å². The lowest BCUT2D eigenvalue weighted by Crippen LogP contribution is -2.46. The standard InChI is InChI=1S/C14H22N2O4/c1-4-14(5-2,12(17)18)9-15-13(19)16-10(3)11-7-6-8-20-11/h6-8,10H,4-5,9H2,1-3H3,(H,17,18)(H2,15,16,19). The third kappa shape index (κ3) is 3.76. The minimum atomic E-state index is -0.911. The van der Waals surface area contributed by atoms with Crippen molar-refractivity contribution >= 4 is 12.0 Å². The average Bonchev–Trinajstić information content (AvgIpc) is 2.94. The summed E-state index contributed by atoms with van der Waals surface area (Å²) in [6.45, 7) is 5.51. The number of amides is 2. The van der Waals surface area contributed by atoms with Crippen molar-refractivity contribution in [2.75, 3.05) is 6.54 Å². The lowest BCUT2D eigenvalue weighted by molar-refractivity contribution is -0.149. The molecule has 0 saturated heterocycles. The molecule has 2 amide bonds. The van der Waals surface area contributed by atoms with Crippen molar-refractivity contribution in [2.24, 2.45) is 5.41 Å². The van der Waals surface area contributed by atoms with Gasteiger partial charge in [0.15, 0.2) is 0 Å². The van der Waals surface area contributed by atoms with Crippen LogP contribution in [-0.2, 0) is 4.79 Å². The van der Waals surface area contributed by atoms with Crippen molar-refractivity contribution in [1.82, 2.24) is 10.6 Å². The fraction of sp³-hybridized carbons (Fsp3) is 0.571. The van der Waals surface area contributed by atoms with Crippen LogP contribution in [0, 0.1) is 5.41 Å². The van der Waals surface area contributed by atoms with Gasteiger partial charge in [0.2, 0.25) is 0 Å². The topological polar surface area (TPSA) is 91.6 Å². The van der Waals surface area contributed by atoms with Crippen LogP contribution in [0.25, 0.3) is 0 Å². The molecule has 1 atom stereocenters. The maximum absolute atomic E-state index is 11.8. The van der Waals surface area contributed by atoms with Crippen LogP contribution in [0.1, 0.15) is 45.4 Å². The van der Waals surface area contributed by atoms with E-state index in [-0.39, 0.29) is 12.6 Å². The number of nitrogens with one attached hydrogen (secondary N) is 2. The molecule has 6 heteroatoms. The Morgan fingerprint density at radius 3 is 2.50 bits per heavy atom. The maximum Gasteiger partial charge on any atom is 0.315 e. The molecule has 0 aliphatic carbocycles. The quantitative estimate of drug-likeness (QED) is 0.716. The summed E-state index contributed by atoms with van der Waals surface area (Å²) in [4.78, 5) is 23.1. The van der Waals surface area contributed by atoms with Crippen molar-refractivity contribution in [3.8, 4) is 0 Å². The van der Waals surface area contributed by atoms with Gasteiger partial charge in [-0.05, 0) is 31.9 Å². The fourth-order valence-electron chi connectivity index (χ4n) is 1.98. The van der Waals surface area contributed by atoms with Crippen LogP contribution < -0.4 is 10.6 Å². The summed E-state index contributed by atoms with van der Waals surface area (Å²) < 4.78 is 5.19. The summed E-state index contributed by atoms with van der Waals surface area (Å²) in [6.07, 6.45) is 2.47. The highest BCUT2D eigenvalue weighted by molar-refractivity contribution is 5.78. The van der Waals surface area contributed by atoms with Gasteiger partial charge in [0.25, 0.3) is 0 Å². The minimum absolute atomic E-state index is 0.103. The zero-order valence-corrected chi connectivity index (χ0v) is 12.1. The molecule has 3 N–H and O–H groups in total. The summed E-state index contributed by atoms with van der Waals surface area (Å²) in [5.41, 5.74) is -0.911. The molecular formula is C14H22N2O4. The zero-order valence-electron chi connectivity index (χ0n) is 12.1. The highest BCUT2D eigenvalue weighted by atomic mass is 16.4. The molecule has 0 bridgehead atoms. The van der Waals surface area contributed by atoms with E-state index in [1.54, 1.807) is 19.1 Å². The van der Waals surface area contributed by atoms with Gasteiger partial charge in [0.05, 0.1) is 17.7 Å². The molecule has 0 aromatic carbocycles. The summed E-state index contributed by atoms with van der Waals surface area (Å²) >= 11 is 0. The van der Waals surface area contributed by atoms with E-state index < -0.39 is 17.4 Å². The Balaban J connectivity index is 2.52. The molecule has 1 unspecified atom stereocenters. The molecule has 20 heavy (non-hydrogen) atoms. The predicted molar refractivity (Wildman–Crippen MR) is 74.3 cm³/mol. The van der Waals surface area contributed by atoms with Crippen LogP contribution >= 0.6 is 0 Å². The van der Waals surface area contributed by atoms with Gasteiger partial charge in [-0.15, -0.1) is 0 Å². The Hall–Kier alpha value is -1.98. The van der Waals surface area contributed by atoms with Crippen molar-refractivity contribution in [3.05, 3.63) is 24.2 Å². The number of rotatable bonds is 7. The highest BCUT2D eigenvalue weighted by Crippen LogP contribution is 2.25. The Morgan fingerprint density at radius 2 is 2.05 bits per heavy atom. The van der Waals surface area contributed by atoms with E-state index in [9.17, 15) is 14.7 Å². The van der Waals surface area contributed by atoms with E-state index in [0.717, 1.165) is 0 Å². The first-order chi connectivity index (χ1) is 9.45. The first kappa shape index (κ1) is 16.1. The second kappa shape index (κ2) is 6.98. The van der Waals surface area contributed by atoms with E-state index in [2.05, 4.69) is 10.6 Å². The van der Waals surface area contributed by atoms with Crippen molar-refractivity contribution < 1.29 is 19.1 Å². The van der Waals surface area contributed by atoms with E-state index >= 15 is 0 Å². The number of aliphatic carboxylic acids is 1. The maximum atomic E-state index is 11.8. The molecule has 0 aliphatic heterocycles. The van der Waals surface area contributed by atoms with Crippen LogP contribution in [-0.4, -0.2) is 23.7 Å². The van der Waals surface area contributed by atoms with Gasteiger partial charge in [-0.2, -0.15) is 0 Å². The van der Waals surface area contributed by atoms with E-state index in [4.69, 9.17) is 4.42 Å². The SMILES string of the molecule is CCC(CC)(CNC(=O)NC(C)c1ccco1)C(=O)O. The summed E-state index contributed by atoms with van der Waals surface area (Å²) in [7, 11) is 0. The van der Waals surface area contributed by atoms with Crippen molar-refractivity contribution in [3.63, 3.8) is 0 Å². The molecule has 0 fully saturated rings. The van der Waals surface area contributed by atoms with Crippen LogP contribution in [0.15, 0.2) is 22.8 Å². The Bertz CT molecular complexity index is 438. The van der Waals surface area contributed by atoms with Crippen LogP contribution in [0.3, 0.4) is 0 Å². The van der Waals surface area contributed by atoms with Gasteiger partial charge >= 0.3 is 12.0 Å². The molecule has 0 aliphatic rings. The van der Waals surface area contributed by atoms with Gasteiger partial charge < -0.3 is 20.2 Å². The molecule has 1 aromatic heterocycles. The van der Waals surface area contributed by atoms with Gasteiger partial charge in [0.1, 0.15) is 5.76 Å². The largest absolute Gasteiger partial charge is 0.481 e. The van der Waals surface area contributed by atoms with E-state index in [0.29, 0.717) is 18.6 Å². The van der Waals surface area contributed by atoms with E-state index in [1.165, 1.54) is 6.26 Å². The number of urea groups is 1. The molecule has 1 heterocycles. The second-order valence-corrected chi connectivity index (χ2v) is 4.86. The predicted octanol–water partition coefficient (Wildman–Crippen LogP) is 2.53. The first-order valence-electron chi connectivity index (χ1n) is 6.76. The van der Waals surface area contributed by atoms with Crippen molar-refractivity contribution in [2.45, 2.75) is 39.7 Å². The molecule has 6 nitrogen and oxygen atoms in total. The smallest absolute Gasteiger partial charge is 0.315 e. The van der Waals surface area contributed by atoms with Gasteiger partial charge in [0, 0.05) is 6.54 Å². The summed E-state index contributed by atoms with van der Waals surface area (Å²) in [5, 5.41) is 14.6. The lowest BCUT2D eigenvalue weighted by Gasteiger charge is -2.27. The Labute approximate surface area is 118 Å². The zero-order chi connectivity index (χ0) is 15.2. The molecule has 1 rings (SSSR count). The number of furan rings is 1. The van der Waals surface area contributed by atoms with E-state index in [1.807, 2.05) is 13.8 Å². The number of carbonyl (C=O) groups excluding carboxylic acids is 1. The molecule has 112 valence electrons. The Morgan fingerprint density at radius 1 is 1.40 bits per heavy atom. The first-order valence-corrected chi connectivity index (χ1v) is 6.76. The van der Waals surface area contributed by atoms with Crippen LogP contribution in [0.5, 0.6) is 0 Å². The molecule has 0 saturated carbocycles. The molecule has 0 radical (unpaired) electrons. The van der Waals surface area contributed by atoms with Gasteiger partial charge in [-0.25, -0.2) is 4.79 Å². The summed E-state index contributed by atoms with van der Waals surface area (Å²) in [5.74, 6) is -0.238. The van der Waals surface area contributed by atoms with Gasteiger partial charge in [-0.3, -0.25) is 4.79 Å². The van der Waals surface area contributed by atoms with Crippen LogP contribution in [0.4, 0.5) is 4.79 Å². The second-order valence-electron chi connectivity index (χ2n) is 4.86. The number of carbonyl (C=O) groups is 2. The molecule has 1 aromatic rings. The van der Waals surface area contributed by atoms with Crippen molar-refractivity contribution in [1.29, 1.82) is 0 Å². The number of carboxylic acids is 1. The number of hydrogen-bond donors (Lipinski definition) is 3. The average molecular weight is 282 g/mol. The number of hydrogen-bond acceptors (Lipinski definition) is 3. The molecule has 0 spiro atoms. The fourth-order valence-corrected chi connectivity index (χ4v) is 1.98. The minimum Gasteiger partial charge on any atom is -0.481 e. The highest BCUT2D eigenvalue weighted by Gasteiger charge is 2.35. The van der Waals surface area contributed by atoms with Crippen LogP contribution in [0.2, 0.25) is 0 Å². The Kier molecular flexibility index (Phi) is 5.61. The summed E-state index contributed by atoms with van der Waals surface area (Å²) in [6, 6.07) is 2.84. The lowest BCUT2D eigenvalue weighted by atomic mass is 9.82. The normalized spacial score (nSPS) is 12.8.